The second-order valence-corrected chi connectivity index (χ2v) is 5.72. The van der Waals surface area contributed by atoms with E-state index in [1.807, 2.05) is 30.3 Å². The number of ether oxygens (including phenoxy) is 1. The minimum Gasteiger partial charge on any atom is -0.484 e. The van der Waals surface area contributed by atoms with Crippen LogP contribution < -0.4 is 4.74 Å². The molecule has 112 valence electrons. The topological polar surface area (TPSA) is 53.3 Å². The van der Waals surface area contributed by atoms with Gasteiger partial charge in [0, 0.05) is 18.1 Å². The van der Waals surface area contributed by atoms with Crippen LogP contribution in [0.2, 0.25) is 0 Å². The van der Waals surface area contributed by atoms with Gasteiger partial charge in [0.1, 0.15) is 5.75 Å². The number of halogens is 1. The first kappa shape index (κ1) is 16.1. The number of carbonyl (C=O) groups excluding carboxylic acids is 1. The Morgan fingerprint density at radius 3 is 2.68 bits per heavy atom. The SMILES string of the molecule is CN(Cc1ccc(Br)cc1)C(=O)COc1cccc(C#N)c1. The second kappa shape index (κ2) is 7.62. The minimum absolute atomic E-state index is 0.0537. The van der Waals surface area contributed by atoms with E-state index in [2.05, 4.69) is 15.9 Å². The molecule has 2 rings (SSSR count). The fourth-order valence-corrected chi connectivity index (χ4v) is 2.13. The van der Waals surface area contributed by atoms with E-state index in [1.54, 1.807) is 36.2 Å². The van der Waals surface area contributed by atoms with Gasteiger partial charge in [-0.25, -0.2) is 0 Å². The average Bonchev–Trinajstić information content (AvgIpc) is 2.54. The summed E-state index contributed by atoms with van der Waals surface area (Å²) >= 11 is 3.38. The van der Waals surface area contributed by atoms with Crippen molar-refractivity contribution in [1.82, 2.24) is 4.90 Å². The van der Waals surface area contributed by atoms with E-state index < -0.39 is 0 Å². The fraction of sp³-hybridized carbons (Fsp3) is 0.176. The number of carbonyl (C=O) groups is 1. The first-order valence-corrected chi connectivity index (χ1v) is 7.49. The maximum Gasteiger partial charge on any atom is 0.260 e. The highest BCUT2D eigenvalue weighted by Crippen LogP contribution is 2.14. The van der Waals surface area contributed by atoms with Crippen molar-refractivity contribution in [3.05, 3.63) is 64.1 Å². The van der Waals surface area contributed by atoms with Gasteiger partial charge in [-0.1, -0.05) is 34.1 Å². The zero-order chi connectivity index (χ0) is 15.9. The van der Waals surface area contributed by atoms with Gasteiger partial charge in [0.05, 0.1) is 11.6 Å². The molecule has 0 fully saturated rings. The molecule has 0 spiro atoms. The van der Waals surface area contributed by atoms with Crippen molar-refractivity contribution < 1.29 is 9.53 Å². The number of nitriles is 1. The number of nitrogens with zero attached hydrogens (tertiary/aromatic N) is 2. The van der Waals surface area contributed by atoms with Gasteiger partial charge in [-0.3, -0.25) is 4.79 Å². The molecule has 0 aliphatic heterocycles. The first-order valence-electron chi connectivity index (χ1n) is 6.70. The number of likely N-dealkylation sites (N-methyl/N-ethyl adjacent to an activating group) is 1. The molecule has 2 aromatic carbocycles. The highest BCUT2D eigenvalue weighted by Gasteiger charge is 2.10. The van der Waals surface area contributed by atoms with Crippen LogP contribution in [0.3, 0.4) is 0 Å². The lowest BCUT2D eigenvalue weighted by atomic mass is 10.2. The third-order valence-electron chi connectivity index (χ3n) is 3.08. The molecule has 0 unspecified atom stereocenters. The van der Waals surface area contributed by atoms with Crippen LogP contribution in [0.15, 0.2) is 53.0 Å². The molecule has 0 aromatic heterocycles. The minimum atomic E-state index is -0.120. The first-order chi connectivity index (χ1) is 10.6. The zero-order valence-electron chi connectivity index (χ0n) is 12.1. The van der Waals surface area contributed by atoms with E-state index in [0.717, 1.165) is 10.0 Å². The number of amides is 1. The molecule has 0 saturated carbocycles. The molecule has 4 nitrogen and oxygen atoms in total. The van der Waals surface area contributed by atoms with Crippen LogP contribution in [-0.2, 0) is 11.3 Å². The van der Waals surface area contributed by atoms with Gasteiger partial charge < -0.3 is 9.64 Å². The predicted octanol–water partition coefficient (Wildman–Crippen LogP) is 3.36. The van der Waals surface area contributed by atoms with Crippen molar-refractivity contribution in [3.63, 3.8) is 0 Å². The lowest BCUT2D eigenvalue weighted by molar-refractivity contribution is -0.132. The molecule has 0 N–H and O–H groups in total. The summed E-state index contributed by atoms with van der Waals surface area (Å²) in [5.74, 6) is 0.398. The van der Waals surface area contributed by atoms with E-state index in [-0.39, 0.29) is 12.5 Å². The Bertz CT molecular complexity index is 693. The zero-order valence-corrected chi connectivity index (χ0v) is 13.7. The number of hydrogen-bond acceptors (Lipinski definition) is 3. The van der Waals surface area contributed by atoms with Gasteiger partial charge in [0.2, 0.25) is 0 Å². The largest absolute Gasteiger partial charge is 0.484 e. The van der Waals surface area contributed by atoms with E-state index >= 15 is 0 Å². The monoisotopic (exact) mass is 358 g/mol. The summed E-state index contributed by atoms with van der Waals surface area (Å²) in [6.07, 6.45) is 0. The number of benzene rings is 2. The van der Waals surface area contributed by atoms with Crippen molar-refractivity contribution >= 4 is 21.8 Å². The van der Waals surface area contributed by atoms with Crippen LogP contribution >= 0.6 is 15.9 Å². The second-order valence-electron chi connectivity index (χ2n) is 4.80. The predicted molar refractivity (Wildman–Crippen MR) is 87.3 cm³/mol. The Balaban J connectivity index is 1.88. The quantitative estimate of drug-likeness (QED) is 0.823. The van der Waals surface area contributed by atoms with Crippen molar-refractivity contribution in [2.45, 2.75) is 6.54 Å². The molecule has 0 saturated heterocycles. The van der Waals surface area contributed by atoms with E-state index in [4.69, 9.17) is 10.00 Å². The third kappa shape index (κ3) is 4.61. The van der Waals surface area contributed by atoms with Gasteiger partial charge in [-0.15, -0.1) is 0 Å². The molecule has 2 aromatic rings. The molecule has 0 atom stereocenters. The van der Waals surface area contributed by atoms with Gasteiger partial charge in [-0.05, 0) is 35.9 Å². The highest BCUT2D eigenvalue weighted by atomic mass is 79.9. The Morgan fingerprint density at radius 2 is 2.00 bits per heavy atom. The molecule has 22 heavy (non-hydrogen) atoms. The Kier molecular flexibility index (Phi) is 5.56. The van der Waals surface area contributed by atoms with Crippen LogP contribution in [0.25, 0.3) is 0 Å². The van der Waals surface area contributed by atoms with Gasteiger partial charge in [-0.2, -0.15) is 5.26 Å². The van der Waals surface area contributed by atoms with Crippen LogP contribution in [0, 0.1) is 11.3 Å². The van der Waals surface area contributed by atoms with Gasteiger partial charge in [0.15, 0.2) is 6.61 Å². The molecule has 0 heterocycles. The summed E-state index contributed by atoms with van der Waals surface area (Å²) in [6, 6.07) is 16.6. The summed E-state index contributed by atoms with van der Waals surface area (Å²) in [6.45, 7) is 0.468. The Morgan fingerprint density at radius 1 is 1.27 bits per heavy atom. The molecule has 0 aliphatic carbocycles. The normalized spacial score (nSPS) is 9.86. The third-order valence-corrected chi connectivity index (χ3v) is 3.61. The Labute approximate surface area is 138 Å². The molecule has 1 amide bonds. The summed E-state index contributed by atoms with van der Waals surface area (Å²) in [4.78, 5) is 13.7. The van der Waals surface area contributed by atoms with Crippen molar-refractivity contribution in [2.75, 3.05) is 13.7 Å². The number of rotatable bonds is 5. The maximum atomic E-state index is 12.1. The van der Waals surface area contributed by atoms with Gasteiger partial charge in [0.25, 0.3) is 5.91 Å². The smallest absolute Gasteiger partial charge is 0.260 e. The molecular weight excluding hydrogens is 344 g/mol. The molecule has 0 bridgehead atoms. The maximum absolute atomic E-state index is 12.1. The van der Waals surface area contributed by atoms with E-state index in [0.29, 0.717) is 17.9 Å². The summed E-state index contributed by atoms with van der Waals surface area (Å²) in [5.41, 5.74) is 1.55. The van der Waals surface area contributed by atoms with Gasteiger partial charge >= 0.3 is 0 Å². The summed E-state index contributed by atoms with van der Waals surface area (Å²) in [5, 5.41) is 8.83. The van der Waals surface area contributed by atoms with Crippen LogP contribution in [-0.4, -0.2) is 24.5 Å². The van der Waals surface area contributed by atoms with Crippen molar-refractivity contribution in [2.24, 2.45) is 0 Å². The van der Waals surface area contributed by atoms with Crippen LogP contribution in [0.1, 0.15) is 11.1 Å². The van der Waals surface area contributed by atoms with Crippen molar-refractivity contribution in [3.8, 4) is 11.8 Å². The van der Waals surface area contributed by atoms with E-state index in [9.17, 15) is 4.79 Å². The highest BCUT2D eigenvalue weighted by molar-refractivity contribution is 9.10. The lowest BCUT2D eigenvalue weighted by Gasteiger charge is -2.17. The van der Waals surface area contributed by atoms with Crippen molar-refractivity contribution in [1.29, 1.82) is 5.26 Å². The van der Waals surface area contributed by atoms with E-state index in [1.165, 1.54) is 0 Å². The molecule has 0 radical (unpaired) electrons. The summed E-state index contributed by atoms with van der Waals surface area (Å²) in [7, 11) is 1.74. The molecule has 5 heteroatoms. The summed E-state index contributed by atoms with van der Waals surface area (Å²) < 4.78 is 6.44. The van der Waals surface area contributed by atoms with Crippen LogP contribution in [0.4, 0.5) is 0 Å². The van der Waals surface area contributed by atoms with Crippen LogP contribution in [0.5, 0.6) is 5.75 Å². The standard InChI is InChI=1S/C17H15BrN2O2/c1-20(11-13-5-7-15(18)8-6-13)17(21)12-22-16-4-2-3-14(9-16)10-19/h2-9H,11-12H2,1H3. The number of hydrogen-bond donors (Lipinski definition) is 0. The fourth-order valence-electron chi connectivity index (χ4n) is 1.86. The Hall–Kier alpha value is -2.32. The molecular formula is C17H15BrN2O2. The lowest BCUT2D eigenvalue weighted by Crippen LogP contribution is -2.30. The average molecular weight is 359 g/mol. The molecule has 0 aliphatic rings.